The van der Waals surface area contributed by atoms with Gasteiger partial charge in [0.25, 0.3) is 11.5 Å². The van der Waals surface area contributed by atoms with Crippen molar-refractivity contribution >= 4 is 23.3 Å². The highest BCUT2D eigenvalue weighted by atomic mass is 35.5. The van der Waals surface area contributed by atoms with Crippen LogP contribution in [0.25, 0.3) is 11.1 Å². The van der Waals surface area contributed by atoms with E-state index in [4.69, 9.17) is 11.6 Å². The zero-order chi connectivity index (χ0) is 19.0. The highest BCUT2D eigenvalue weighted by Crippen LogP contribution is 2.39. The van der Waals surface area contributed by atoms with Crippen LogP contribution in [-0.2, 0) is 6.42 Å². The number of benzene rings is 2. The standard InChI is InChI=1S/C20H14ClN3O3/c21-11-4-5-13-14-2-1-3-15(18(14)19(26)16(13)8-11)20(27)22-7-6-12-9-17(25)24-10-23-12/h1-5,8-10H,6-7H2,(H,22,27)(H,23,24,25). The number of fused-ring (bicyclic) bond motifs is 3. The molecule has 134 valence electrons. The number of halogens is 1. The number of hydrogen-bond acceptors (Lipinski definition) is 4. The largest absolute Gasteiger partial charge is 0.352 e. The summed E-state index contributed by atoms with van der Waals surface area (Å²) in [6.07, 6.45) is 1.74. The van der Waals surface area contributed by atoms with Gasteiger partial charge in [0.15, 0.2) is 5.78 Å². The number of nitrogens with zero attached hydrogens (tertiary/aromatic N) is 1. The molecule has 1 aliphatic carbocycles. The fourth-order valence-electron chi connectivity index (χ4n) is 3.23. The highest BCUT2D eigenvalue weighted by Gasteiger charge is 2.31. The van der Waals surface area contributed by atoms with Crippen LogP contribution in [0.1, 0.15) is 32.0 Å². The Bertz CT molecular complexity index is 1140. The van der Waals surface area contributed by atoms with Gasteiger partial charge in [-0.25, -0.2) is 4.98 Å². The summed E-state index contributed by atoms with van der Waals surface area (Å²) in [7, 11) is 0. The smallest absolute Gasteiger partial charge is 0.252 e. The van der Waals surface area contributed by atoms with Gasteiger partial charge in [0, 0.05) is 40.9 Å². The van der Waals surface area contributed by atoms with Crippen LogP contribution in [-0.4, -0.2) is 28.2 Å². The number of rotatable bonds is 4. The van der Waals surface area contributed by atoms with Gasteiger partial charge in [0.05, 0.1) is 11.9 Å². The molecular formula is C20H14ClN3O3. The van der Waals surface area contributed by atoms with Crippen LogP contribution in [0, 0.1) is 0 Å². The minimum absolute atomic E-state index is 0.204. The van der Waals surface area contributed by atoms with E-state index in [9.17, 15) is 14.4 Å². The summed E-state index contributed by atoms with van der Waals surface area (Å²) >= 11 is 6.01. The number of carbonyl (C=O) groups excluding carboxylic acids is 2. The number of aromatic amines is 1. The molecule has 0 aliphatic heterocycles. The third-order valence-corrected chi connectivity index (χ3v) is 4.69. The number of H-pyrrole nitrogens is 1. The van der Waals surface area contributed by atoms with E-state index in [1.54, 1.807) is 30.3 Å². The highest BCUT2D eigenvalue weighted by molar-refractivity contribution is 6.32. The molecule has 0 bridgehead atoms. The van der Waals surface area contributed by atoms with Crippen molar-refractivity contribution in [2.24, 2.45) is 0 Å². The Morgan fingerprint density at radius 2 is 1.93 bits per heavy atom. The molecule has 3 aromatic rings. The predicted molar refractivity (Wildman–Crippen MR) is 101 cm³/mol. The lowest BCUT2D eigenvalue weighted by Crippen LogP contribution is -2.27. The molecule has 7 heteroatoms. The Balaban J connectivity index is 1.56. The average molecular weight is 380 g/mol. The summed E-state index contributed by atoms with van der Waals surface area (Å²) in [4.78, 5) is 43.2. The molecule has 1 aliphatic rings. The summed E-state index contributed by atoms with van der Waals surface area (Å²) < 4.78 is 0. The Labute approximate surface area is 159 Å². The number of nitrogens with one attached hydrogen (secondary N) is 2. The van der Waals surface area contributed by atoms with E-state index in [2.05, 4.69) is 15.3 Å². The number of ketones is 1. The van der Waals surface area contributed by atoms with Gasteiger partial charge in [-0.05, 0) is 29.3 Å². The molecule has 0 atom stereocenters. The van der Waals surface area contributed by atoms with Gasteiger partial charge in [-0.2, -0.15) is 0 Å². The molecule has 0 saturated heterocycles. The maximum Gasteiger partial charge on any atom is 0.252 e. The second-order valence-electron chi connectivity index (χ2n) is 6.16. The van der Waals surface area contributed by atoms with E-state index in [0.717, 1.165) is 11.1 Å². The summed E-state index contributed by atoms with van der Waals surface area (Å²) in [6, 6.07) is 11.7. The van der Waals surface area contributed by atoms with Crippen LogP contribution in [0.5, 0.6) is 0 Å². The molecule has 0 saturated carbocycles. The lowest BCUT2D eigenvalue weighted by molar-refractivity contribution is 0.0943. The van der Waals surface area contributed by atoms with Crippen molar-refractivity contribution in [3.05, 3.63) is 86.6 Å². The second-order valence-corrected chi connectivity index (χ2v) is 6.59. The van der Waals surface area contributed by atoms with E-state index in [0.29, 0.717) is 40.4 Å². The molecule has 1 aromatic heterocycles. The minimum atomic E-state index is -0.344. The van der Waals surface area contributed by atoms with Crippen LogP contribution < -0.4 is 10.9 Å². The lowest BCUT2D eigenvalue weighted by atomic mass is 10.0. The molecule has 6 nitrogen and oxygen atoms in total. The van der Waals surface area contributed by atoms with Gasteiger partial charge in [-0.1, -0.05) is 29.8 Å². The fraction of sp³-hybridized carbons (Fsp3) is 0.100. The van der Waals surface area contributed by atoms with Gasteiger partial charge < -0.3 is 10.3 Å². The van der Waals surface area contributed by atoms with E-state index >= 15 is 0 Å². The number of aromatic nitrogens is 2. The first-order valence-corrected chi connectivity index (χ1v) is 8.72. The third-order valence-electron chi connectivity index (χ3n) is 4.45. The van der Waals surface area contributed by atoms with Crippen LogP contribution in [0.2, 0.25) is 5.02 Å². The first-order valence-electron chi connectivity index (χ1n) is 8.34. The average Bonchev–Trinajstić information content (AvgIpc) is 2.94. The SMILES string of the molecule is O=C(NCCc1cc(=O)[nH]cn1)c1cccc2c1C(=O)c1cc(Cl)ccc1-2. The van der Waals surface area contributed by atoms with E-state index in [1.165, 1.54) is 12.4 Å². The minimum Gasteiger partial charge on any atom is -0.352 e. The first kappa shape index (κ1) is 17.2. The van der Waals surface area contributed by atoms with Crippen LogP contribution >= 0.6 is 11.6 Å². The Hall–Kier alpha value is -3.25. The van der Waals surface area contributed by atoms with Gasteiger partial charge >= 0.3 is 0 Å². The number of carbonyl (C=O) groups is 2. The molecule has 4 rings (SSSR count). The zero-order valence-corrected chi connectivity index (χ0v) is 14.8. The lowest BCUT2D eigenvalue weighted by Gasteiger charge is -2.08. The molecular weight excluding hydrogens is 366 g/mol. The maximum absolute atomic E-state index is 12.8. The van der Waals surface area contributed by atoms with Gasteiger partial charge in [-0.15, -0.1) is 0 Å². The zero-order valence-electron chi connectivity index (χ0n) is 14.1. The van der Waals surface area contributed by atoms with Gasteiger partial charge in [0.1, 0.15) is 0 Å². The van der Waals surface area contributed by atoms with Crippen LogP contribution in [0.4, 0.5) is 0 Å². The normalized spacial score (nSPS) is 11.8. The van der Waals surface area contributed by atoms with Crippen molar-refractivity contribution in [3.63, 3.8) is 0 Å². The van der Waals surface area contributed by atoms with Crippen molar-refractivity contribution < 1.29 is 9.59 Å². The summed E-state index contributed by atoms with van der Waals surface area (Å²) in [5, 5.41) is 3.26. The fourth-order valence-corrected chi connectivity index (χ4v) is 3.40. The molecule has 2 aromatic carbocycles. The monoisotopic (exact) mass is 379 g/mol. The number of hydrogen-bond donors (Lipinski definition) is 2. The summed E-state index contributed by atoms with van der Waals surface area (Å²) in [5.41, 5.74) is 3.07. The second kappa shape index (κ2) is 6.81. The molecule has 2 N–H and O–H groups in total. The topological polar surface area (TPSA) is 91.9 Å². The van der Waals surface area contributed by atoms with Gasteiger partial charge in [-0.3, -0.25) is 14.4 Å². The molecule has 0 fully saturated rings. The van der Waals surface area contributed by atoms with Crippen molar-refractivity contribution in [3.8, 4) is 11.1 Å². The van der Waals surface area contributed by atoms with Crippen LogP contribution in [0.15, 0.2) is 53.6 Å². The van der Waals surface area contributed by atoms with E-state index in [1.807, 2.05) is 6.07 Å². The molecule has 1 heterocycles. The Morgan fingerprint density at radius 1 is 1.07 bits per heavy atom. The predicted octanol–water partition coefficient (Wildman–Crippen LogP) is 2.61. The summed E-state index contributed by atoms with van der Waals surface area (Å²) in [6.45, 7) is 0.298. The van der Waals surface area contributed by atoms with Crippen molar-refractivity contribution in [1.82, 2.24) is 15.3 Å². The maximum atomic E-state index is 12.8. The summed E-state index contributed by atoms with van der Waals surface area (Å²) in [5.74, 6) is -0.548. The Kier molecular flexibility index (Phi) is 4.33. The quantitative estimate of drug-likeness (QED) is 0.570. The number of amides is 1. The van der Waals surface area contributed by atoms with Crippen molar-refractivity contribution in [1.29, 1.82) is 0 Å². The molecule has 27 heavy (non-hydrogen) atoms. The molecule has 1 amide bonds. The van der Waals surface area contributed by atoms with E-state index in [-0.39, 0.29) is 17.2 Å². The molecule has 0 spiro atoms. The molecule has 0 radical (unpaired) electrons. The van der Waals surface area contributed by atoms with Gasteiger partial charge in [0.2, 0.25) is 0 Å². The third kappa shape index (κ3) is 3.15. The Morgan fingerprint density at radius 3 is 2.74 bits per heavy atom. The van der Waals surface area contributed by atoms with E-state index < -0.39 is 0 Å². The van der Waals surface area contributed by atoms with Crippen LogP contribution in [0.3, 0.4) is 0 Å². The molecule has 0 unspecified atom stereocenters. The first-order chi connectivity index (χ1) is 13.0. The van der Waals surface area contributed by atoms with Crippen molar-refractivity contribution in [2.45, 2.75) is 6.42 Å². The van der Waals surface area contributed by atoms with Crippen molar-refractivity contribution in [2.75, 3.05) is 6.54 Å².